The summed E-state index contributed by atoms with van der Waals surface area (Å²) in [4.78, 5) is 38.7. The van der Waals surface area contributed by atoms with Crippen LogP contribution in [0.1, 0.15) is 23.7 Å². The highest BCUT2D eigenvalue weighted by molar-refractivity contribution is 5.98. The standard InChI is InChI=1S/C24H23N3O5/c1-16(25-24(30)17-11-12-31-15-17)23(29)26-18-13-22(28)27(14-18)19-7-9-21(10-8-19)32-20-5-3-2-4-6-20/h2-12,15-16,18H,13-14H2,1H3,(H,25,30)(H,26,29). The molecule has 8 nitrogen and oxygen atoms in total. The van der Waals surface area contributed by atoms with Crippen molar-refractivity contribution in [1.82, 2.24) is 10.6 Å². The molecule has 0 spiro atoms. The van der Waals surface area contributed by atoms with Crippen LogP contribution in [0.2, 0.25) is 0 Å². The Morgan fingerprint density at radius 2 is 1.78 bits per heavy atom. The number of hydrogen-bond acceptors (Lipinski definition) is 5. The number of para-hydroxylation sites is 1. The summed E-state index contributed by atoms with van der Waals surface area (Å²) in [6, 6.07) is 17.1. The molecule has 2 N–H and O–H groups in total. The Morgan fingerprint density at radius 1 is 1.06 bits per heavy atom. The van der Waals surface area contributed by atoms with Crippen molar-refractivity contribution in [2.75, 3.05) is 11.4 Å². The number of anilines is 1. The first kappa shape index (κ1) is 21.2. The van der Waals surface area contributed by atoms with Crippen LogP contribution in [0.4, 0.5) is 5.69 Å². The Balaban J connectivity index is 1.31. The van der Waals surface area contributed by atoms with Crippen molar-refractivity contribution in [2.24, 2.45) is 0 Å². The summed E-state index contributed by atoms with van der Waals surface area (Å²) in [7, 11) is 0. The second kappa shape index (κ2) is 9.38. The summed E-state index contributed by atoms with van der Waals surface area (Å²) in [5.74, 6) is 0.562. The molecule has 2 atom stereocenters. The van der Waals surface area contributed by atoms with Crippen LogP contribution in [0, 0.1) is 0 Å². The van der Waals surface area contributed by atoms with Gasteiger partial charge in [-0.1, -0.05) is 18.2 Å². The van der Waals surface area contributed by atoms with Crippen molar-refractivity contribution < 1.29 is 23.5 Å². The van der Waals surface area contributed by atoms with E-state index in [9.17, 15) is 14.4 Å². The number of carbonyl (C=O) groups is 3. The van der Waals surface area contributed by atoms with Crippen molar-refractivity contribution in [2.45, 2.75) is 25.4 Å². The van der Waals surface area contributed by atoms with Gasteiger partial charge < -0.3 is 24.7 Å². The van der Waals surface area contributed by atoms with Crippen LogP contribution in [-0.2, 0) is 9.59 Å². The lowest BCUT2D eigenvalue weighted by atomic mass is 10.2. The third-order valence-corrected chi connectivity index (χ3v) is 5.12. The van der Waals surface area contributed by atoms with Crippen molar-refractivity contribution >= 4 is 23.4 Å². The number of nitrogens with one attached hydrogen (secondary N) is 2. The maximum absolute atomic E-state index is 12.5. The highest BCUT2D eigenvalue weighted by Crippen LogP contribution is 2.27. The molecule has 4 rings (SSSR count). The maximum Gasteiger partial charge on any atom is 0.255 e. The zero-order valence-corrected chi connectivity index (χ0v) is 17.5. The summed E-state index contributed by atoms with van der Waals surface area (Å²) < 4.78 is 10.7. The second-order valence-electron chi connectivity index (χ2n) is 7.53. The Bertz CT molecular complexity index is 1080. The van der Waals surface area contributed by atoms with E-state index in [1.54, 1.807) is 24.0 Å². The van der Waals surface area contributed by atoms with Gasteiger partial charge in [0.1, 0.15) is 23.8 Å². The molecule has 1 aliphatic heterocycles. The van der Waals surface area contributed by atoms with Crippen LogP contribution in [0.3, 0.4) is 0 Å². The van der Waals surface area contributed by atoms with E-state index in [0.29, 0.717) is 17.9 Å². The summed E-state index contributed by atoms with van der Waals surface area (Å²) in [5, 5.41) is 5.45. The average molecular weight is 433 g/mol. The predicted octanol–water partition coefficient (Wildman–Crippen LogP) is 3.11. The fourth-order valence-electron chi connectivity index (χ4n) is 3.44. The van der Waals surface area contributed by atoms with E-state index in [2.05, 4.69) is 10.6 Å². The minimum atomic E-state index is -0.754. The SMILES string of the molecule is CC(NC(=O)c1ccoc1)C(=O)NC1CC(=O)N(c2ccc(Oc3ccccc3)cc2)C1. The molecule has 32 heavy (non-hydrogen) atoms. The molecular formula is C24H23N3O5. The molecule has 2 unspecified atom stereocenters. The van der Waals surface area contributed by atoms with Crippen molar-refractivity contribution in [1.29, 1.82) is 0 Å². The van der Waals surface area contributed by atoms with Crippen LogP contribution >= 0.6 is 0 Å². The van der Waals surface area contributed by atoms with E-state index >= 15 is 0 Å². The van der Waals surface area contributed by atoms with E-state index in [1.807, 2.05) is 42.5 Å². The lowest BCUT2D eigenvalue weighted by Gasteiger charge is -2.19. The van der Waals surface area contributed by atoms with Crippen LogP contribution in [-0.4, -0.2) is 36.3 Å². The smallest absolute Gasteiger partial charge is 0.255 e. The number of rotatable bonds is 7. The number of furan rings is 1. The van der Waals surface area contributed by atoms with E-state index in [4.69, 9.17) is 9.15 Å². The Kier molecular flexibility index (Phi) is 6.21. The molecule has 164 valence electrons. The van der Waals surface area contributed by atoms with Crippen LogP contribution in [0.25, 0.3) is 0 Å². The quantitative estimate of drug-likeness (QED) is 0.596. The largest absolute Gasteiger partial charge is 0.472 e. The van der Waals surface area contributed by atoms with E-state index in [-0.39, 0.29) is 24.3 Å². The lowest BCUT2D eigenvalue weighted by Crippen LogP contribution is -2.48. The fraction of sp³-hybridized carbons (Fsp3) is 0.208. The molecule has 8 heteroatoms. The van der Waals surface area contributed by atoms with Crippen molar-refractivity contribution in [3.63, 3.8) is 0 Å². The number of carbonyl (C=O) groups excluding carboxylic acids is 3. The van der Waals surface area contributed by atoms with Gasteiger partial charge in [0.05, 0.1) is 17.9 Å². The van der Waals surface area contributed by atoms with E-state index in [0.717, 1.165) is 11.4 Å². The van der Waals surface area contributed by atoms with Crippen LogP contribution in [0.15, 0.2) is 77.6 Å². The van der Waals surface area contributed by atoms with Gasteiger partial charge in [-0.15, -0.1) is 0 Å². The Hall–Kier alpha value is -4.07. The number of ether oxygens (including phenoxy) is 1. The van der Waals surface area contributed by atoms with Gasteiger partial charge in [0.25, 0.3) is 5.91 Å². The molecule has 2 aromatic carbocycles. The van der Waals surface area contributed by atoms with Gasteiger partial charge in [0.15, 0.2) is 0 Å². The third kappa shape index (κ3) is 4.97. The maximum atomic E-state index is 12.5. The minimum absolute atomic E-state index is 0.0814. The summed E-state index contributed by atoms with van der Waals surface area (Å²) in [5.41, 5.74) is 1.07. The predicted molar refractivity (Wildman–Crippen MR) is 117 cm³/mol. The molecule has 1 aliphatic rings. The Labute approximate surface area is 185 Å². The number of nitrogens with zero attached hydrogens (tertiary/aromatic N) is 1. The molecule has 3 aromatic rings. The number of benzene rings is 2. The highest BCUT2D eigenvalue weighted by Gasteiger charge is 2.32. The molecule has 0 radical (unpaired) electrons. The summed E-state index contributed by atoms with van der Waals surface area (Å²) in [6.07, 6.45) is 2.89. The Morgan fingerprint density at radius 3 is 2.47 bits per heavy atom. The molecule has 2 heterocycles. The highest BCUT2D eigenvalue weighted by atomic mass is 16.5. The molecule has 1 saturated heterocycles. The first-order chi connectivity index (χ1) is 15.5. The lowest BCUT2D eigenvalue weighted by molar-refractivity contribution is -0.123. The first-order valence-corrected chi connectivity index (χ1v) is 10.3. The first-order valence-electron chi connectivity index (χ1n) is 10.3. The molecule has 1 aromatic heterocycles. The minimum Gasteiger partial charge on any atom is -0.472 e. The molecule has 0 saturated carbocycles. The number of hydrogen-bond donors (Lipinski definition) is 2. The summed E-state index contributed by atoms with van der Waals surface area (Å²) in [6.45, 7) is 1.94. The van der Waals surface area contributed by atoms with Crippen LogP contribution in [0.5, 0.6) is 11.5 Å². The molecular weight excluding hydrogens is 410 g/mol. The van der Waals surface area contributed by atoms with Crippen molar-refractivity contribution in [3.05, 3.63) is 78.8 Å². The van der Waals surface area contributed by atoms with Gasteiger partial charge in [-0.2, -0.15) is 0 Å². The topological polar surface area (TPSA) is 101 Å². The van der Waals surface area contributed by atoms with Gasteiger partial charge in [0.2, 0.25) is 11.8 Å². The van der Waals surface area contributed by atoms with Crippen molar-refractivity contribution in [3.8, 4) is 11.5 Å². The molecule has 0 bridgehead atoms. The normalized spacial score (nSPS) is 16.5. The van der Waals surface area contributed by atoms with E-state index < -0.39 is 11.9 Å². The van der Waals surface area contributed by atoms with E-state index in [1.165, 1.54) is 18.6 Å². The zero-order chi connectivity index (χ0) is 22.5. The van der Waals surface area contributed by atoms with Crippen LogP contribution < -0.4 is 20.3 Å². The molecule has 3 amide bonds. The van der Waals surface area contributed by atoms with Gasteiger partial charge >= 0.3 is 0 Å². The molecule has 1 fully saturated rings. The second-order valence-corrected chi connectivity index (χ2v) is 7.53. The molecule has 0 aliphatic carbocycles. The third-order valence-electron chi connectivity index (χ3n) is 5.12. The fourth-order valence-corrected chi connectivity index (χ4v) is 3.44. The number of amides is 3. The summed E-state index contributed by atoms with van der Waals surface area (Å²) >= 11 is 0. The zero-order valence-electron chi connectivity index (χ0n) is 17.5. The van der Waals surface area contributed by atoms with Gasteiger partial charge in [-0.3, -0.25) is 14.4 Å². The van der Waals surface area contributed by atoms with Gasteiger partial charge in [-0.25, -0.2) is 0 Å². The average Bonchev–Trinajstić information content (AvgIpc) is 3.45. The van der Waals surface area contributed by atoms with Gasteiger partial charge in [-0.05, 0) is 49.4 Å². The monoisotopic (exact) mass is 433 g/mol. The van der Waals surface area contributed by atoms with Gasteiger partial charge in [0, 0.05) is 18.7 Å².